The highest BCUT2D eigenvalue weighted by molar-refractivity contribution is 5.83. The molecule has 0 aliphatic carbocycles. The number of nitrogens with one attached hydrogen (secondary N) is 2. The average molecular weight is 230 g/mol. The maximum Gasteiger partial charge on any atom is 0.239 e. The van der Waals surface area contributed by atoms with Crippen molar-refractivity contribution in [2.45, 2.75) is 39.7 Å². The van der Waals surface area contributed by atoms with E-state index >= 15 is 0 Å². The molecule has 0 aromatic carbocycles. The number of rotatable bonds is 6. The molecule has 0 saturated carbocycles. The van der Waals surface area contributed by atoms with Gasteiger partial charge in [-0.3, -0.25) is 9.59 Å². The number of aliphatic hydroxyl groups is 1. The van der Waals surface area contributed by atoms with Crippen LogP contribution in [0.25, 0.3) is 0 Å². The monoisotopic (exact) mass is 230 g/mol. The Kier molecular flexibility index (Phi) is 6.03. The Morgan fingerprint density at radius 1 is 1.31 bits per heavy atom. The van der Waals surface area contributed by atoms with Crippen molar-refractivity contribution < 1.29 is 14.7 Å². The summed E-state index contributed by atoms with van der Waals surface area (Å²) in [6.45, 7) is 7.20. The zero-order valence-corrected chi connectivity index (χ0v) is 10.5. The van der Waals surface area contributed by atoms with Crippen molar-refractivity contribution in [2.24, 2.45) is 5.92 Å². The summed E-state index contributed by atoms with van der Waals surface area (Å²) in [5.41, 5.74) is -0.903. The van der Waals surface area contributed by atoms with Crippen molar-refractivity contribution in [1.29, 1.82) is 0 Å². The molecule has 0 fully saturated rings. The summed E-state index contributed by atoms with van der Waals surface area (Å²) in [7, 11) is 0. The van der Waals surface area contributed by atoms with Crippen LogP contribution in [0.15, 0.2) is 0 Å². The lowest BCUT2D eigenvalue weighted by atomic mass is 9.94. The molecule has 0 bridgehead atoms. The quantitative estimate of drug-likeness (QED) is 0.602. The molecule has 94 valence electrons. The fraction of sp³-hybridized carbons (Fsp3) is 0.818. The van der Waals surface area contributed by atoms with E-state index in [4.69, 9.17) is 0 Å². The molecule has 0 radical (unpaired) electrons. The Morgan fingerprint density at radius 2 is 1.88 bits per heavy atom. The van der Waals surface area contributed by atoms with Gasteiger partial charge in [-0.15, -0.1) is 0 Å². The van der Waals surface area contributed by atoms with Crippen molar-refractivity contribution in [3.05, 3.63) is 0 Å². The van der Waals surface area contributed by atoms with E-state index < -0.39 is 5.60 Å². The largest absolute Gasteiger partial charge is 0.388 e. The van der Waals surface area contributed by atoms with E-state index in [2.05, 4.69) is 10.6 Å². The molecule has 1 unspecified atom stereocenters. The highest BCUT2D eigenvalue weighted by Gasteiger charge is 2.22. The van der Waals surface area contributed by atoms with Gasteiger partial charge in [-0.05, 0) is 19.3 Å². The van der Waals surface area contributed by atoms with Gasteiger partial charge in [0.2, 0.25) is 11.8 Å². The van der Waals surface area contributed by atoms with E-state index in [1.54, 1.807) is 6.92 Å². The Bertz CT molecular complexity index is 250. The minimum absolute atomic E-state index is 0.0485. The van der Waals surface area contributed by atoms with Crippen LogP contribution in [0.2, 0.25) is 0 Å². The second-order valence-electron chi connectivity index (χ2n) is 4.78. The third-order valence-electron chi connectivity index (χ3n) is 2.01. The first-order valence-electron chi connectivity index (χ1n) is 5.46. The zero-order chi connectivity index (χ0) is 12.8. The molecule has 0 rings (SSSR count). The van der Waals surface area contributed by atoms with Crippen LogP contribution in [0.1, 0.15) is 34.1 Å². The van der Waals surface area contributed by atoms with Crippen LogP contribution < -0.4 is 10.6 Å². The van der Waals surface area contributed by atoms with Crippen LogP contribution in [0, 0.1) is 5.92 Å². The summed E-state index contributed by atoms with van der Waals surface area (Å²) in [5, 5.41) is 14.9. The highest BCUT2D eigenvalue weighted by atomic mass is 16.3. The van der Waals surface area contributed by atoms with Gasteiger partial charge >= 0.3 is 0 Å². The van der Waals surface area contributed by atoms with Crippen LogP contribution >= 0.6 is 0 Å². The average Bonchev–Trinajstić information content (AvgIpc) is 2.09. The molecule has 0 spiro atoms. The molecule has 0 aliphatic rings. The third-order valence-corrected chi connectivity index (χ3v) is 2.01. The summed E-state index contributed by atoms with van der Waals surface area (Å²) in [4.78, 5) is 21.8. The summed E-state index contributed by atoms with van der Waals surface area (Å²) in [5.74, 6) is -0.175. The molecular formula is C11H22N2O3. The van der Waals surface area contributed by atoms with Gasteiger partial charge in [0.25, 0.3) is 0 Å². The number of hydrogen-bond acceptors (Lipinski definition) is 3. The van der Waals surface area contributed by atoms with Gasteiger partial charge < -0.3 is 15.7 Å². The minimum Gasteiger partial charge on any atom is -0.388 e. The second-order valence-corrected chi connectivity index (χ2v) is 4.78. The second kappa shape index (κ2) is 6.48. The maximum absolute atomic E-state index is 11.2. The fourth-order valence-corrected chi connectivity index (χ4v) is 1.51. The van der Waals surface area contributed by atoms with Gasteiger partial charge in [0.15, 0.2) is 0 Å². The van der Waals surface area contributed by atoms with Crippen LogP contribution in [-0.2, 0) is 9.59 Å². The molecule has 0 heterocycles. The Balaban J connectivity index is 3.85. The first kappa shape index (κ1) is 14.9. The molecule has 5 nitrogen and oxygen atoms in total. The van der Waals surface area contributed by atoms with Gasteiger partial charge in [-0.25, -0.2) is 0 Å². The standard InChI is InChI=1S/C11H22N2O3/c1-8(2)5-11(4,16)7-13-10(15)6-12-9(3)14/h8,16H,5-7H2,1-4H3,(H,12,14)(H,13,15). The normalized spacial score (nSPS) is 14.4. The molecule has 0 aromatic heterocycles. The highest BCUT2D eigenvalue weighted by Crippen LogP contribution is 2.14. The first-order chi connectivity index (χ1) is 7.23. The fourth-order valence-electron chi connectivity index (χ4n) is 1.51. The Labute approximate surface area is 96.6 Å². The lowest BCUT2D eigenvalue weighted by molar-refractivity contribution is -0.125. The third kappa shape index (κ3) is 8.23. The summed E-state index contributed by atoms with van der Waals surface area (Å²) >= 11 is 0. The molecule has 0 aliphatic heterocycles. The molecule has 16 heavy (non-hydrogen) atoms. The van der Waals surface area contributed by atoms with E-state index in [-0.39, 0.29) is 24.9 Å². The smallest absolute Gasteiger partial charge is 0.239 e. The molecule has 0 aromatic rings. The molecule has 3 N–H and O–H groups in total. The minimum atomic E-state index is -0.903. The van der Waals surface area contributed by atoms with Crippen LogP contribution in [-0.4, -0.2) is 35.6 Å². The van der Waals surface area contributed by atoms with Crippen LogP contribution in [0.4, 0.5) is 0 Å². The summed E-state index contributed by atoms with van der Waals surface area (Å²) < 4.78 is 0. The van der Waals surface area contributed by atoms with E-state index in [9.17, 15) is 14.7 Å². The maximum atomic E-state index is 11.2. The van der Waals surface area contributed by atoms with E-state index in [0.717, 1.165) is 0 Å². The Morgan fingerprint density at radius 3 is 2.31 bits per heavy atom. The number of carbonyl (C=O) groups excluding carboxylic acids is 2. The SMILES string of the molecule is CC(=O)NCC(=O)NCC(C)(O)CC(C)C. The molecule has 5 heteroatoms. The van der Waals surface area contributed by atoms with Gasteiger partial charge in [-0.2, -0.15) is 0 Å². The topological polar surface area (TPSA) is 78.4 Å². The number of carbonyl (C=O) groups is 2. The molecule has 1 atom stereocenters. The van der Waals surface area contributed by atoms with Crippen molar-refractivity contribution in [3.63, 3.8) is 0 Å². The molecule has 0 saturated heterocycles. The van der Waals surface area contributed by atoms with Crippen molar-refractivity contribution in [2.75, 3.05) is 13.1 Å². The van der Waals surface area contributed by atoms with Gasteiger partial charge in [0, 0.05) is 13.5 Å². The van der Waals surface area contributed by atoms with Crippen molar-refractivity contribution >= 4 is 11.8 Å². The van der Waals surface area contributed by atoms with Crippen molar-refractivity contribution in [1.82, 2.24) is 10.6 Å². The van der Waals surface area contributed by atoms with Crippen LogP contribution in [0.3, 0.4) is 0 Å². The zero-order valence-electron chi connectivity index (χ0n) is 10.5. The first-order valence-corrected chi connectivity index (χ1v) is 5.46. The predicted octanol–water partition coefficient (Wildman–Crippen LogP) is 0.0358. The van der Waals surface area contributed by atoms with Gasteiger partial charge in [0.05, 0.1) is 12.1 Å². The Hall–Kier alpha value is -1.10. The lowest BCUT2D eigenvalue weighted by Crippen LogP contribution is -2.44. The predicted molar refractivity (Wildman–Crippen MR) is 61.8 cm³/mol. The molecular weight excluding hydrogens is 208 g/mol. The lowest BCUT2D eigenvalue weighted by Gasteiger charge is -2.25. The van der Waals surface area contributed by atoms with Gasteiger partial charge in [-0.1, -0.05) is 13.8 Å². The van der Waals surface area contributed by atoms with E-state index in [1.807, 2.05) is 13.8 Å². The number of amides is 2. The van der Waals surface area contributed by atoms with Crippen LogP contribution in [0.5, 0.6) is 0 Å². The molecule has 2 amide bonds. The van der Waals surface area contributed by atoms with E-state index in [1.165, 1.54) is 6.92 Å². The van der Waals surface area contributed by atoms with Crippen molar-refractivity contribution in [3.8, 4) is 0 Å². The van der Waals surface area contributed by atoms with Gasteiger partial charge in [0.1, 0.15) is 0 Å². The van der Waals surface area contributed by atoms with E-state index in [0.29, 0.717) is 12.3 Å². The summed E-state index contributed by atoms with van der Waals surface area (Å²) in [6, 6.07) is 0. The summed E-state index contributed by atoms with van der Waals surface area (Å²) in [6.07, 6.45) is 0.618. The number of hydrogen-bond donors (Lipinski definition) is 3.